The average molecular weight is 309 g/mol. The Bertz CT molecular complexity index is 728. The second-order valence-electron chi connectivity index (χ2n) is 5.38. The lowest BCUT2D eigenvalue weighted by atomic mass is 10.1. The number of aromatic nitrogens is 2. The maximum absolute atomic E-state index is 11.8. The molecule has 1 N–H and O–H groups in total. The van der Waals surface area contributed by atoms with E-state index >= 15 is 0 Å². The first kappa shape index (κ1) is 14.3. The van der Waals surface area contributed by atoms with Gasteiger partial charge >= 0.3 is 0 Å². The van der Waals surface area contributed by atoms with Crippen molar-refractivity contribution in [2.24, 2.45) is 0 Å². The number of hydrogen-bond acceptors (Lipinski definition) is 4. The van der Waals surface area contributed by atoms with Crippen LogP contribution in [0.1, 0.15) is 24.2 Å². The predicted octanol–water partition coefficient (Wildman–Crippen LogP) is 1.84. The van der Waals surface area contributed by atoms with E-state index in [-0.39, 0.29) is 5.25 Å². The van der Waals surface area contributed by atoms with Gasteiger partial charge < -0.3 is 4.42 Å². The van der Waals surface area contributed by atoms with Gasteiger partial charge in [-0.2, -0.15) is 5.10 Å². The zero-order chi connectivity index (χ0) is 15.0. The van der Waals surface area contributed by atoms with Gasteiger partial charge in [-0.1, -0.05) is 0 Å². The van der Waals surface area contributed by atoms with Crippen LogP contribution in [-0.2, 0) is 16.6 Å². The first-order chi connectivity index (χ1) is 9.99. The van der Waals surface area contributed by atoms with Crippen molar-refractivity contribution >= 4 is 10.0 Å². The minimum atomic E-state index is -3.13. The Hall–Kier alpha value is -1.60. The summed E-state index contributed by atoms with van der Waals surface area (Å²) in [5, 5.41) is 4.28. The van der Waals surface area contributed by atoms with Gasteiger partial charge in [0.2, 0.25) is 10.0 Å². The Morgan fingerprint density at radius 2 is 2.19 bits per heavy atom. The normalized spacial score (nSPS) is 15.5. The zero-order valence-electron chi connectivity index (χ0n) is 12.2. The molecule has 1 fully saturated rings. The lowest BCUT2D eigenvalue weighted by Gasteiger charge is -2.07. The van der Waals surface area contributed by atoms with Crippen LogP contribution in [-0.4, -0.2) is 30.0 Å². The summed E-state index contributed by atoms with van der Waals surface area (Å²) in [6.07, 6.45) is 3.19. The van der Waals surface area contributed by atoms with Crippen molar-refractivity contribution in [3.8, 4) is 11.3 Å². The molecule has 1 aliphatic rings. The van der Waals surface area contributed by atoms with Gasteiger partial charge in [-0.15, -0.1) is 0 Å². The predicted molar refractivity (Wildman–Crippen MR) is 79.3 cm³/mol. The summed E-state index contributed by atoms with van der Waals surface area (Å²) in [5.41, 5.74) is 2.84. The first-order valence-electron chi connectivity index (χ1n) is 7.05. The molecule has 2 aromatic heterocycles. The van der Waals surface area contributed by atoms with E-state index in [1.807, 2.05) is 30.7 Å². The number of sulfonamides is 1. The molecule has 21 heavy (non-hydrogen) atoms. The lowest BCUT2D eigenvalue weighted by molar-refractivity contribution is 0.553. The molecule has 0 bridgehead atoms. The van der Waals surface area contributed by atoms with Gasteiger partial charge in [0.15, 0.2) is 0 Å². The minimum absolute atomic E-state index is 0.184. The highest BCUT2D eigenvalue weighted by molar-refractivity contribution is 7.90. The Morgan fingerprint density at radius 1 is 1.43 bits per heavy atom. The van der Waals surface area contributed by atoms with Crippen LogP contribution < -0.4 is 4.72 Å². The Labute approximate surface area is 124 Å². The second-order valence-corrected chi connectivity index (χ2v) is 7.43. The molecule has 3 rings (SSSR count). The van der Waals surface area contributed by atoms with Gasteiger partial charge in [0.1, 0.15) is 5.76 Å². The van der Waals surface area contributed by atoms with Crippen LogP contribution in [0.15, 0.2) is 22.8 Å². The van der Waals surface area contributed by atoms with E-state index in [1.54, 1.807) is 6.26 Å². The van der Waals surface area contributed by atoms with Crippen LogP contribution in [0.25, 0.3) is 11.3 Å². The van der Waals surface area contributed by atoms with Gasteiger partial charge in [-0.05, 0) is 38.8 Å². The quantitative estimate of drug-likeness (QED) is 0.883. The molecule has 1 saturated carbocycles. The van der Waals surface area contributed by atoms with E-state index in [9.17, 15) is 8.42 Å². The summed E-state index contributed by atoms with van der Waals surface area (Å²) in [4.78, 5) is 0. The number of aryl methyl sites for hydroxylation is 1. The smallest absolute Gasteiger partial charge is 0.214 e. The molecule has 0 atom stereocenters. The summed E-state index contributed by atoms with van der Waals surface area (Å²) in [7, 11) is -3.13. The van der Waals surface area contributed by atoms with Crippen molar-refractivity contribution in [1.82, 2.24) is 14.5 Å². The number of rotatable bonds is 6. The van der Waals surface area contributed by atoms with Crippen molar-refractivity contribution in [1.29, 1.82) is 0 Å². The van der Waals surface area contributed by atoms with Crippen molar-refractivity contribution in [2.75, 3.05) is 6.54 Å². The molecule has 2 aromatic rings. The van der Waals surface area contributed by atoms with Crippen molar-refractivity contribution in [2.45, 2.75) is 38.5 Å². The zero-order valence-corrected chi connectivity index (χ0v) is 13.0. The molecule has 0 spiro atoms. The van der Waals surface area contributed by atoms with E-state index in [1.165, 1.54) is 0 Å². The largest absolute Gasteiger partial charge is 0.464 e. The van der Waals surface area contributed by atoms with Gasteiger partial charge in [-0.25, -0.2) is 13.1 Å². The Balaban J connectivity index is 1.71. The molecule has 0 amide bonds. The van der Waals surface area contributed by atoms with Crippen LogP contribution in [0.4, 0.5) is 0 Å². The van der Waals surface area contributed by atoms with Crippen LogP contribution in [0.2, 0.25) is 0 Å². The summed E-state index contributed by atoms with van der Waals surface area (Å²) in [6, 6.07) is 3.74. The second kappa shape index (κ2) is 5.31. The number of nitrogens with zero attached hydrogens (tertiary/aromatic N) is 2. The van der Waals surface area contributed by atoms with Crippen molar-refractivity contribution in [3.63, 3.8) is 0 Å². The topological polar surface area (TPSA) is 77.1 Å². The van der Waals surface area contributed by atoms with E-state index in [0.29, 0.717) is 13.1 Å². The van der Waals surface area contributed by atoms with Crippen molar-refractivity contribution in [3.05, 3.63) is 29.8 Å². The fourth-order valence-corrected chi connectivity index (χ4v) is 3.85. The summed E-state index contributed by atoms with van der Waals surface area (Å²) < 4.78 is 33.4. The van der Waals surface area contributed by atoms with Crippen LogP contribution in [0.3, 0.4) is 0 Å². The molecule has 114 valence electrons. The summed E-state index contributed by atoms with van der Waals surface area (Å²) in [6.45, 7) is 4.76. The highest BCUT2D eigenvalue weighted by Crippen LogP contribution is 2.28. The third-order valence-corrected chi connectivity index (χ3v) is 5.69. The highest BCUT2D eigenvalue weighted by Gasteiger charge is 2.35. The van der Waals surface area contributed by atoms with E-state index in [0.717, 1.165) is 35.6 Å². The molecular weight excluding hydrogens is 290 g/mol. The Kier molecular flexibility index (Phi) is 3.62. The van der Waals surface area contributed by atoms with Crippen molar-refractivity contribution < 1.29 is 12.8 Å². The van der Waals surface area contributed by atoms with Crippen LogP contribution in [0.5, 0.6) is 0 Å². The third kappa shape index (κ3) is 2.89. The third-order valence-electron chi connectivity index (χ3n) is 3.74. The van der Waals surface area contributed by atoms with E-state index in [2.05, 4.69) is 9.82 Å². The van der Waals surface area contributed by atoms with Crippen LogP contribution >= 0.6 is 0 Å². The fraction of sp³-hybridized carbons (Fsp3) is 0.500. The summed E-state index contributed by atoms with van der Waals surface area (Å²) in [5.74, 6) is 0.787. The standard InChI is InChI=1S/C14H19N3O3S/c1-10-14(13-4-3-9-20-13)11(2)17(16-10)8-7-15-21(18,19)12-5-6-12/h3-4,9,12,15H,5-8H2,1-2H3. The molecule has 0 aromatic carbocycles. The molecule has 2 heterocycles. The molecular formula is C14H19N3O3S. The summed E-state index contributed by atoms with van der Waals surface area (Å²) >= 11 is 0. The monoisotopic (exact) mass is 309 g/mol. The lowest BCUT2D eigenvalue weighted by Crippen LogP contribution is -2.30. The van der Waals surface area contributed by atoms with Gasteiger partial charge in [0, 0.05) is 12.2 Å². The fourth-order valence-electron chi connectivity index (χ4n) is 2.48. The molecule has 0 radical (unpaired) electrons. The molecule has 0 aliphatic heterocycles. The minimum Gasteiger partial charge on any atom is -0.464 e. The molecule has 0 unspecified atom stereocenters. The SMILES string of the molecule is Cc1nn(CCNS(=O)(=O)C2CC2)c(C)c1-c1ccco1. The van der Waals surface area contributed by atoms with Gasteiger partial charge in [-0.3, -0.25) is 4.68 Å². The highest BCUT2D eigenvalue weighted by atomic mass is 32.2. The number of hydrogen-bond donors (Lipinski definition) is 1. The molecule has 0 saturated heterocycles. The van der Waals surface area contributed by atoms with Gasteiger partial charge in [0.25, 0.3) is 0 Å². The Morgan fingerprint density at radius 3 is 2.81 bits per heavy atom. The first-order valence-corrected chi connectivity index (χ1v) is 8.60. The van der Waals surface area contributed by atoms with E-state index in [4.69, 9.17) is 4.42 Å². The van der Waals surface area contributed by atoms with Crippen LogP contribution in [0, 0.1) is 13.8 Å². The number of furan rings is 1. The molecule has 6 nitrogen and oxygen atoms in total. The molecule has 1 aliphatic carbocycles. The molecule has 7 heteroatoms. The van der Waals surface area contributed by atoms with Gasteiger partial charge in [0.05, 0.1) is 29.3 Å². The maximum atomic E-state index is 11.8. The number of nitrogens with one attached hydrogen (secondary N) is 1. The maximum Gasteiger partial charge on any atom is 0.214 e. The average Bonchev–Trinajstić information content (AvgIpc) is 3.10. The van der Waals surface area contributed by atoms with E-state index < -0.39 is 10.0 Å².